The summed E-state index contributed by atoms with van der Waals surface area (Å²) < 4.78 is 6.64. The van der Waals surface area contributed by atoms with E-state index in [1.807, 2.05) is 18.2 Å². The first-order valence-electron chi connectivity index (χ1n) is 21.8. The summed E-state index contributed by atoms with van der Waals surface area (Å²) in [5.74, 6) is 1.71. The summed E-state index contributed by atoms with van der Waals surface area (Å²) in [4.78, 5) is 16.3. The second-order valence-electron chi connectivity index (χ2n) is 16.6. The fraction of sp³-hybridized carbons (Fsp3) is 0.0167. The molecule has 0 unspecified atom stereocenters. The Balaban J connectivity index is 1.08. The molecule has 0 fully saturated rings. The van der Waals surface area contributed by atoms with Gasteiger partial charge < -0.3 is 4.42 Å². The molecular formula is C60H37N3O. The number of benzene rings is 10. The van der Waals surface area contributed by atoms with Gasteiger partial charge in [-0.3, -0.25) is 0 Å². The zero-order valence-corrected chi connectivity index (χ0v) is 34.6. The number of rotatable bonds is 6. The summed E-state index contributed by atoms with van der Waals surface area (Å²) in [6, 6.07) is 79.9. The molecule has 10 aromatic carbocycles. The summed E-state index contributed by atoms with van der Waals surface area (Å²) >= 11 is 0. The van der Waals surface area contributed by atoms with E-state index in [2.05, 4.69) is 206 Å². The van der Waals surface area contributed by atoms with E-state index in [0.29, 0.717) is 17.5 Å². The van der Waals surface area contributed by atoms with Crippen molar-refractivity contribution in [3.8, 4) is 56.4 Å². The van der Waals surface area contributed by atoms with Crippen LogP contribution in [0.4, 0.5) is 0 Å². The lowest BCUT2D eigenvalue weighted by Crippen LogP contribution is -2.29. The highest BCUT2D eigenvalue weighted by Crippen LogP contribution is 2.57. The highest BCUT2D eigenvalue weighted by Gasteiger charge is 2.47. The Morgan fingerprint density at radius 2 is 0.844 bits per heavy atom. The maximum atomic E-state index is 6.64. The molecule has 12 aromatic rings. The van der Waals surface area contributed by atoms with Crippen molar-refractivity contribution in [2.45, 2.75) is 5.41 Å². The summed E-state index contributed by atoms with van der Waals surface area (Å²) in [6.07, 6.45) is 0. The van der Waals surface area contributed by atoms with Crippen LogP contribution in [0.25, 0.3) is 99.9 Å². The fourth-order valence-corrected chi connectivity index (χ4v) is 10.5. The molecule has 2 heterocycles. The maximum absolute atomic E-state index is 6.64. The van der Waals surface area contributed by atoms with Crippen LogP contribution in [-0.4, -0.2) is 15.0 Å². The van der Waals surface area contributed by atoms with Gasteiger partial charge in [-0.2, -0.15) is 0 Å². The zero-order chi connectivity index (χ0) is 42.2. The molecule has 0 radical (unpaired) electrons. The normalized spacial score (nSPS) is 12.8. The van der Waals surface area contributed by atoms with Crippen LogP contribution in [-0.2, 0) is 5.41 Å². The number of aromatic nitrogens is 3. The number of hydrogen-bond acceptors (Lipinski definition) is 4. The Bertz CT molecular complexity index is 3770. The Labute approximate surface area is 369 Å². The van der Waals surface area contributed by atoms with Gasteiger partial charge in [0.1, 0.15) is 11.2 Å². The zero-order valence-electron chi connectivity index (χ0n) is 34.6. The predicted octanol–water partition coefficient (Wildman–Crippen LogP) is 15.1. The van der Waals surface area contributed by atoms with Crippen molar-refractivity contribution >= 4 is 43.5 Å². The third kappa shape index (κ3) is 5.39. The predicted molar refractivity (Wildman–Crippen MR) is 261 cm³/mol. The van der Waals surface area contributed by atoms with E-state index < -0.39 is 5.41 Å². The van der Waals surface area contributed by atoms with Crippen LogP contribution in [0.1, 0.15) is 22.3 Å². The minimum absolute atomic E-state index is 0.544. The quantitative estimate of drug-likeness (QED) is 0.157. The van der Waals surface area contributed by atoms with Gasteiger partial charge in [0.2, 0.25) is 0 Å². The third-order valence-electron chi connectivity index (χ3n) is 13.2. The minimum atomic E-state index is -0.659. The summed E-state index contributed by atoms with van der Waals surface area (Å²) in [6.45, 7) is 0. The van der Waals surface area contributed by atoms with Crippen molar-refractivity contribution in [3.05, 3.63) is 247 Å². The second-order valence-corrected chi connectivity index (χ2v) is 16.6. The van der Waals surface area contributed by atoms with Gasteiger partial charge in [-0.1, -0.05) is 206 Å². The van der Waals surface area contributed by atoms with Gasteiger partial charge in [0, 0.05) is 21.9 Å². The molecule has 0 saturated heterocycles. The van der Waals surface area contributed by atoms with Crippen molar-refractivity contribution < 1.29 is 4.42 Å². The van der Waals surface area contributed by atoms with Crippen molar-refractivity contribution in [2.75, 3.05) is 0 Å². The van der Waals surface area contributed by atoms with E-state index in [9.17, 15) is 0 Å². The molecule has 0 amide bonds. The molecule has 0 saturated carbocycles. The molecular weight excluding hydrogens is 779 g/mol. The van der Waals surface area contributed by atoms with Crippen LogP contribution in [0.2, 0.25) is 0 Å². The average Bonchev–Trinajstić information content (AvgIpc) is 3.90. The van der Waals surface area contributed by atoms with Gasteiger partial charge >= 0.3 is 0 Å². The summed E-state index contributed by atoms with van der Waals surface area (Å²) in [7, 11) is 0. The number of fused-ring (bicyclic) bond motifs is 9. The van der Waals surface area contributed by atoms with Crippen LogP contribution >= 0.6 is 0 Å². The van der Waals surface area contributed by atoms with Crippen molar-refractivity contribution in [3.63, 3.8) is 0 Å². The van der Waals surface area contributed by atoms with Crippen LogP contribution in [0, 0.1) is 0 Å². The van der Waals surface area contributed by atoms with Crippen molar-refractivity contribution in [2.24, 2.45) is 0 Å². The van der Waals surface area contributed by atoms with Gasteiger partial charge in [0.25, 0.3) is 0 Å². The molecule has 0 bridgehead atoms. The SMILES string of the molecule is c1ccc(C2(c3ccccc3-c3nc(-c4cccc(-c5cccc6ccc7ccccc7c56)c4)nc(-c4cccc5c4oc4ccccc45)n3)c3ccccc3-c3ccccc32)cc1. The third-order valence-corrected chi connectivity index (χ3v) is 13.2. The van der Waals surface area contributed by atoms with E-state index >= 15 is 0 Å². The molecule has 64 heavy (non-hydrogen) atoms. The number of hydrogen-bond donors (Lipinski definition) is 0. The molecule has 1 aliphatic carbocycles. The monoisotopic (exact) mass is 815 g/mol. The van der Waals surface area contributed by atoms with Gasteiger partial charge in [-0.15, -0.1) is 0 Å². The largest absolute Gasteiger partial charge is 0.455 e. The van der Waals surface area contributed by atoms with Crippen molar-refractivity contribution in [1.82, 2.24) is 15.0 Å². The lowest BCUT2D eigenvalue weighted by Gasteiger charge is -2.35. The first kappa shape index (κ1) is 36.2. The van der Waals surface area contributed by atoms with E-state index in [1.54, 1.807) is 0 Å². The molecule has 4 heteroatoms. The summed E-state index contributed by atoms with van der Waals surface area (Å²) in [5, 5.41) is 6.93. The maximum Gasteiger partial charge on any atom is 0.167 e. The molecule has 2 aromatic heterocycles. The second kappa shape index (κ2) is 14.3. The lowest BCUT2D eigenvalue weighted by atomic mass is 9.66. The molecule has 4 nitrogen and oxygen atoms in total. The van der Waals surface area contributed by atoms with E-state index in [0.717, 1.165) is 55.3 Å². The smallest absolute Gasteiger partial charge is 0.167 e. The highest BCUT2D eigenvalue weighted by molar-refractivity contribution is 6.14. The van der Waals surface area contributed by atoms with Crippen LogP contribution < -0.4 is 0 Å². The van der Waals surface area contributed by atoms with E-state index in [-0.39, 0.29) is 0 Å². The Kier molecular flexibility index (Phi) is 8.09. The molecule has 0 N–H and O–H groups in total. The van der Waals surface area contributed by atoms with Crippen LogP contribution in [0.3, 0.4) is 0 Å². The van der Waals surface area contributed by atoms with Crippen molar-refractivity contribution in [1.29, 1.82) is 0 Å². The molecule has 13 rings (SSSR count). The Morgan fingerprint density at radius 1 is 0.328 bits per heavy atom. The topological polar surface area (TPSA) is 51.8 Å². The van der Waals surface area contributed by atoms with Gasteiger partial charge in [-0.05, 0) is 84.3 Å². The fourth-order valence-electron chi connectivity index (χ4n) is 10.5. The molecule has 0 spiro atoms. The average molecular weight is 816 g/mol. The highest BCUT2D eigenvalue weighted by atomic mass is 16.3. The molecule has 1 aliphatic rings. The standard InChI is InChI=1S/C60H37N3O/c1-2-21-42(22-3-1)60(51-31-10-6-24-45(51)46-25-7-11-32-52(46)60)53-33-12-8-27-49(53)58-61-57(62-59(63-58)50-30-16-29-48-47-26-9-13-34-54(47)64-56(48)50)41-20-14-19-40(37-41)44-28-15-18-39-36-35-38-17-4-5-23-43(38)55(39)44/h1-37H. The Morgan fingerprint density at radius 3 is 1.64 bits per heavy atom. The summed E-state index contributed by atoms with van der Waals surface area (Å²) in [5.41, 5.74) is 13.0. The van der Waals surface area contributed by atoms with E-state index in [1.165, 1.54) is 49.4 Å². The molecule has 298 valence electrons. The van der Waals surface area contributed by atoms with Crippen LogP contribution in [0.5, 0.6) is 0 Å². The molecule has 0 atom stereocenters. The first-order chi connectivity index (χ1) is 31.7. The van der Waals surface area contributed by atoms with E-state index in [4.69, 9.17) is 19.4 Å². The van der Waals surface area contributed by atoms with Gasteiger partial charge in [0.15, 0.2) is 17.5 Å². The first-order valence-corrected chi connectivity index (χ1v) is 21.8. The minimum Gasteiger partial charge on any atom is -0.455 e. The lowest BCUT2D eigenvalue weighted by molar-refractivity contribution is 0.669. The number of furan rings is 1. The van der Waals surface area contributed by atoms with Crippen LogP contribution in [0.15, 0.2) is 229 Å². The molecule has 0 aliphatic heterocycles. The number of nitrogens with zero attached hydrogens (tertiary/aromatic N) is 3. The van der Waals surface area contributed by atoms with Gasteiger partial charge in [0.05, 0.1) is 11.0 Å². The number of para-hydroxylation sites is 2. The Hall–Kier alpha value is -8.47. The van der Waals surface area contributed by atoms with Gasteiger partial charge in [-0.25, -0.2) is 15.0 Å².